The summed E-state index contributed by atoms with van der Waals surface area (Å²) in [5, 5.41) is 0.810. The molecule has 1 aliphatic rings. The fourth-order valence-electron chi connectivity index (χ4n) is 2.16. The lowest BCUT2D eigenvalue weighted by Crippen LogP contribution is -2.20. The van der Waals surface area contributed by atoms with Gasteiger partial charge in [0.15, 0.2) is 0 Å². The van der Waals surface area contributed by atoms with Crippen molar-refractivity contribution in [1.29, 1.82) is 0 Å². The van der Waals surface area contributed by atoms with Gasteiger partial charge in [-0.3, -0.25) is 9.20 Å². The molecule has 0 N–H and O–H groups in total. The first kappa shape index (κ1) is 10.1. The average Bonchev–Trinajstić information content (AvgIpc) is 2.64. The molecule has 0 atom stereocenters. The molecule has 0 fully saturated rings. The van der Waals surface area contributed by atoms with Crippen molar-refractivity contribution in [3.8, 4) is 0 Å². The Balaban J connectivity index is 2.51. The minimum absolute atomic E-state index is 0.0563. The summed E-state index contributed by atoms with van der Waals surface area (Å²) in [6.45, 7) is 0. The Kier molecular flexibility index (Phi) is 2.19. The summed E-state index contributed by atoms with van der Waals surface area (Å²) in [4.78, 5) is 16.6. The zero-order valence-electron chi connectivity index (χ0n) is 8.33. The fourth-order valence-corrected chi connectivity index (χ4v) is 2.69. The van der Waals surface area contributed by atoms with Gasteiger partial charge in [-0.05, 0) is 25.3 Å². The lowest BCUT2D eigenvalue weighted by Gasteiger charge is -2.06. The van der Waals surface area contributed by atoms with Gasteiger partial charge in [0, 0.05) is 16.7 Å². The van der Waals surface area contributed by atoms with Gasteiger partial charge in [0.05, 0.1) is 5.69 Å². The van der Waals surface area contributed by atoms with Crippen LogP contribution in [0, 0.1) is 0 Å². The van der Waals surface area contributed by atoms with Crippen LogP contribution >= 0.6 is 23.2 Å². The summed E-state index contributed by atoms with van der Waals surface area (Å²) >= 11 is 11.9. The van der Waals surface area contributed by atoms with Gasteiger partial charge in [-0.2, -0.15) is 0 Å². The number of fused-ring (bicyclic) bond motifs is 2. The van der Waals surface area contributed by atoms with Gasteiger partial charge in [0.25, 0.3) is 5.56 Å². The predicted molar refractivity (Wildman–Crippen MR) is 63.5 cm³/mol. The fraction of sp³-hybridized carbons (Fsp3) is 0.273. The zero-order valence-corrected chi connectivity index (χ0v) is 9.85. The second-order valence-electron chi connectivity index (χ2n) is 3.89. The molecule has 0 spiro atoms. The average molecular weight is 255 g/mol. The highest BCUT2D eigenvalue weighted by atomic mass is 35.5. The first-order valence-electron chi connectivity index (χ1n) is 5.06. The van der Waals surface area contributed by atoms with Crippen LogP contribution in [0.3, 0.4) is 0 Å². The molecule has 0 saturated heterocycles. The van der Waals surface area contributed by atoms with Crippen LogP contribution in [-0.4, -0.2) is 9.38 Å². The topological polar surface area (TPSA) is 34.4 Å². The largest absolute Gasteiger partial charge is 0.269 e. The minimum Gasteiger partial charge on any atom is -0.269 e. The van der Waals surface area contributed by atoms with Crippen LogP contribution in [0.4, 0.5) is 0 Å². The minimum atomic E-state index is -0.0563. The van der Waals surface area contributed by atoms with Gasteiger partial charge >= 0.3 is 0 Å². The monoisotopic (exact) mass is 254 g/mol. The molecular formula is C11H8Cl2N2O. The predicted octanol–water partition coefficient (Wildman–Crippen LogP) is 2.49. The van der Waals surface area contributed by atoms with Gasteiger partial charge in [-0.25, -0.2) is 4.98 Å². The summed E-state index contributed by atoms with van der Waals surface area (Å²) in [5.74, 6) is 0. The highest BCUT2D eigenvalue weighted by Gasteiger charge is 2.19. The lowest BCUT2D eigenvalue weighted by molar-refractivity contribution is 0.899. The van der Waals surface area contributed by atoms with Crippen molar-refractivity contribution < 1.29 is 0 Å². The van der Waals surface area contributed by atoms with E-state index in [1.165, 1.54) is 4.40 Å². The molecule has 16 heavy (non-hydrogen) atoms. The van der Waals surface area contributed by atoms with E-state index in [1.807, 2.05) is 0 Å². The Morgan fingerprint density at radius 3 is 2.88 bits per heavy atom. The summed E-state index contributed by atoms with van der Waals surface area (Å²) in [7, 11) is 0. The first-order chi connectivity index (χ1) is 7.66. The van der Waals surface area contributed by atoms with E-state index in [0.717, 1.165) is 30.5 Å². The van der Waals surface area contributed by atoms with Gasteiger partial charge in [0.1, 0.15) is 10.8 Å². The summed E-state index contributed by atoms with van der Waals surface area (Å²) in [5.41, 5.74) is 2.16. The third kappa shape index (κ3) is 1.35. The molecule has 82 valence electrons. The Labute approximate surface area is 102 Å². The molecular weight excluding hydrogens is 247 g/mol. The maximum Gasteiger partial charge on any atom is 0.262 e. The highest BCUT2D eigenvalue weighted by Crippen LogP contribution is 2.21. The van der Waals surface area contributed by atoms with Crippen molar-refractivity contribution >= 4 is 28.8 Å². The van der Waals surface area contributed by atoms with Crippen LogP contribution in [0.15, 0.2) is 16.9 Å². The Morgan fingerprint density at radius 1 is 1.25 bits per heavy atom. The van der Waals surface area contributed by atoms with Gasteiger partial charge in [-0.15, -0.1) is 0 Å². The molecule has 3 rings (SSSR count). The standard InChI is InChI=1S/C11H8Cl2N2O/c12-6-4-9(13)15-10(5-6)14-8-3-1-2-7(8)11(15)16/h4-5H,1-3H2. The quantitative estimate of drug-likeness (QED) is 0.678. The highest BCUT2D eigenvalue weighted by molar-refractivity contribution is 6.34. The third-order valence-corrected chi connectivity index (χ3v) is 3.36. The smallest absolute Gasteiger partial charge is 0.262 e. The van der Waals surface area contributed by atoms with E-state index in [-0.39, 0.29) is 5.56 Å². The SMILES string of the molecule is O=c1c2c(nc3cc(Cl)cc(Cl)n13)CCC2. The maximum atomic E-state index is 12.1. The number of aromatic nitrogens is 2. The number of rotatable bonds is 0. The van der Waals surface area contributed by atoms with Crippen LogP contribution in [0.25, 0.3) is 5.65 Å². The Bertz CT molecular complexity index is 648. The number of halogens is 2. The summed E-state index contributed by atoms with van der Waals surface area (Å²) < 4.78 is 1.41. The molecule has 2 aromatic heterocycles. The van der Waals surface area contributed by atoms with Crippen LogP contribution in [0.2, 0.25) is 10.2 Å². The zero-order chi connectivity index (χ0) is 11.3. The van der Waals surface area contributed by atoms with Crippen molar-refractivity contribution in [2.24, 2.45) is 0 Å². The molecule has 0 amide bonds. The second-order valence-corrected chi connectivity index (χ2v) is 4.71. The molecule has 2 aromatic rings. The molecule has 3 nitrogen and oxygen atoms in total. The number of nitrogens with zero attached hydrogens (tertiary/aromatic N) is 2. The van der Waals surface area contributed by atoms with Crippen LogP contribution in [0.1, 0.15) is 17.7 Å². The Hall–Kier alpha value is -1.06. The molecule has 0 unspecified atom stereocenters. The van der Waals surface area contributed by atoms with Crippen LogP contribution in [-0.2, 0) is 12.8 Å². The van der Waals surface area contributed by atoms with Gasteiger partial charge in [0.2, 0.25) is 0 Å². The first-order valence-corrected chi connectivity index (χ1v) is 5.82. The van der Waals surface area contributed by atoms with Crippen molar-refractivity contribution in [1.82, 2.24) is 9.38 Å². The van der Waals surface area contributed by atoms with Gasteiger partial charge < -0.3 is 0 Å². The molecule has 0 radical (unpaired) electrons. The van der Waals surface area contributed by atoms with Crippen LogP contribution in [0.5, 0.6) is 0 Å². The van der Waals surface area contributed by atoms with Gasteiger partial charge in [-0.1, -0.05) is 23.2 Å². The van der Waals surface area contributed by atoms with E-state index in [4.69, 9.17) is 23.2 Å². The molecule has 0 aromatic carbocycles. The molecule has 1 aliphatic carbocycles. The van der Waals surface area contributed by atoms with E-state index in [2.05, 4.69) is 4.98 Å². The number of aryl methyl sites for hydroxylation is 1. The van der Waals surface area contributed by atoms with E-state index in [9.17, 15) is 4.79 Å². The van der Waals surface area contributed by atoms with Crippen molar-refractivity contribution in [2.75, 3.05) is 0 Å². The van der Waals surface area contributed by atoms with E-state index in [1.54, 1.807) is 12.1 Å². The molecule has 5 heteroatoms. The van der Waals surface area contributed by atoms with E-state index < -0.39 is 0 Å². The van der Waals surface area contributed by atoms with Crippen molar-refractivity contribution in [3.63, 3.8) is 0 Å². The molecule has 0 aliphatic heterocycles. The molecule has 0 bridgehead atoms. The Morgan fingerprint density at radius 2 is 2.06 bits per heavy atom. The van der Waals surface area contributed by atoms with E-state index in [0.29, 0.717) is 15.8 Å². The second kappa shape index (κ2) is 3.47. The summed E-state index contributed by atoms with van der Waals surface area (Å²) in [6, 6.07) is 3.22. The number of pyridine rings is 1. The number of hydrogen-bond acceptors (Lipinski definition) is 2. The van der Waals surface area contributed by atoms with Crippen molar-refractivity contribution in [2.45, 2.75) is 19.3 Å². The summed E-state index contributed by atoms with van der Waals surface area (Å²) in [6.07, 6.45) is 2.65. The lowest BCUT2D eigenvalue weighted by atomic mass is 10.2. The number of hydrogen-bond donors (Lipinski definition) is 0. The molecule has 2 heterocycles. The molecule has 0 saturated carbocycles. The van der Waals surface area contributed by atoms with Crippen molar-refractivity contribution in [3.05, 3.63) is 43.9 Å². The normalized spacial score (nSPS) is 14.4. The maximum absolute atomic E-state index is 12.1. The van der Waals surface area contributed by atoms with Crippen LogP contribution < -0.4 is 5.56 Å². The van der Waals surface area contributed by atoms with E-state index >= 15 is 0 Å². The third-order valence-electron chi connectivity index (χ3n) is 2.87.